The van der Waals surface area contributed by atoms with Gasteiger partial charge in [0.1, 0.15) is 0 Å². The van der Waals surface area contributed by atoms with E-state index < -0.39 is 0 Å². The lowest BCUT2D eigenvalue weighted by Gasteiger charge is -2.29. The number of rotatable bonds is 3. The molecule has 0 unspecified atom stereocenters. The molecule has 1 fully saturated rings. The van der Waals surface area contributed by atoms with Crippen molar-refractivity contribution < 1.29 is 4.74 Å². The Hall–Kier alpha value is -3.49. The highest BCUT2D eigenvalue weighted by atomic mass is 16.5. The van der Waals surface area contributed by atoms with Crippen LogP contribution in [0.4, 0.5) is 5.69 Å². The molecule has 0 aliphatic carbocycles. The Morgan fingerprint density at radius 2 is 1.58 bits per heavy atom. The normalized spacial score (nSPS) is 16.0. The number of likely N-dealkylation sites (N-methyl/N-ethyl adjacent to an activating group) is 1. The third-order valence-corrected chi connectivity index (χ3v) is 6.26. The molecule has 0 N–H and O–H groups in total. The summed E-state index contributed by atoms with van der Waals surface area (Å²) >= 11 is 0. The molecule has 1 saturated heterocycles. The molecule has 0 atom stereocenters. The summed E-state index contributed by atoms with van der Waals surface area (Å²) in [5.74, 6) is 0. The number of nitrogens with zero attached hydrogens (tertiary/aromatic N) is 4. The van der Waals surface area contributed by atoms with Crippen molar-refractivity contribution in [2.75, 3.05) is 44.8 Å². The fraction of sp³-hybridized carbons (Fsp3) is 0.321. The van der Waals surface area contributed by atoms with Crippen LogP contribution in [0, 0.1) is 11.3 Å². The van der Waals surface area contributed by atoms with Crippen molar-refractivity contribution in [3.05, 3.63) is 72.1 Å². The number of morpholine rings is 1. The van der Waals surface area contributed by atoms with Crippen LogP contribution in [0.15, 0.2) is 66.4 Å². The molecule has 5 nitrogen and oxygen atoms in total. The number of fused-ring (bicyclic) bond motifs is 1. The summed E-state index contributed by atoms with van der Waals surface area (Å²) in [6.07, 6.45) is 4.07. The van der Waals surface area contributed by atoms with Crippen molar-refractivity contribution in [2.45, 2.75) is 13.8 Å². The van der Waals surface area contributed by atoms with Gasteiger partial charge in [-0.1, -0.05) is 32.0 Å². The third-order valence-electron chi connectivity index (χ3n) is 6.26. The number of benzene rings is 2. The fourth-order valence-corrected chi connectivity index (χ4v) is 4.51. The van der Waals surface area contributed by atoms with Crippen molar-refractivity contribution in [2.24, 2.45) is 7.05 Å². The van der Waals surface area contributed by atoms with E-state index in [0.29, 0.717) is 6.54 Å². The first-order chi connectivity index (χ1) is 16.1. The van der Waals surface area contributed by atoms with Gasteiger partial charge >= 0.3 is 0 Å². The van der Waals surface area contributed by atoms with Gasteiger partial charge in [-0.3, -0.25) is 0 Å². The molecule has 3 heterocycles. The molecule has 2 aliphatic heterocycles. The summed E-state index contributed by atoms with van der Waals surface area (Å²) in [5.41, 5.74) is 6.45. The molecule has 0 bridgehead atoms. The van der Waals surface area contributed by atoms with E-state index in [2.05, 4.69) is 71.1 Å². The summed E-state index contributed by atoms with van der Waals surface area (Å²) in [6, 6.07) is 20.0. The molecule has 0 amide bonds. The Balaban J connectivity index is 0.00000126. The number of anilines is 1. The highest BCUT2D eigenvalue weighted by Crippen LogP contribution is 2.32. The number of ether oxygens (including phenoxy) is 1. The van der Waals surface area contributed by atoms with Crippen LogP contribution in [0.2, 0.25) is 0 Å². The smallest absolute Gasteiger partial charge is 0.0973 e. The molecule has 170 valence electrons. The van der Waals surface area contributed by atoms with Gasteiger partial charge in [0.25, 0.3) is 0 Å². The van der Waals surface area contributed by atoms with Gasteiger partial charge < -0.3 is 19.1 Å². The van der Waals surface area contributed by atoms with E-state index in [1.807, 2.05) is 38.1 Å². The predicted molar refractivity (Wildman–Crippen MR) is 137 cm³/mol. The predicted octanol–water partition coefficient (Wildman–Crippen LogP) is 5.44. The Kier molecular flexibility index (Phi) is 6.86. The van der Waals surface area contributed by atoms with E-state index in [4.69, 9.17) is 4.74 Å². The van der Waals surface area contributed by atoms with Gasteiger partial charge in [-0.15, -0.1) is 0 Å². The Morgan fingerprint density at radius 1 is 0.879 bits per heavy atom. The van der Waals surface area contributed by atoms with Crippen LogP contribution in [0.25, 0.3) is 27.6 Å². The van der Waals surface area contributed by atoms with E-state index in [-0.39, 0.29) is 0 Å². The van der Waals surface area contributed by atoms with Gasteiger partial charge in [-0.2, -0.15) is 5.26 Å². The number of allylic oxidation sites excluding steroid dienone is 2. The van der Waals surface area contributed by atoms with Crippen molar-refractivity contribution in [3.8, 4) is 17.3 Å². The maximum atomic E-state index is 9.60. The zero-order valence-electron chi connectivity index (χ0n) is 20.0. The summed E-state index contributed by atoms with van der Waals surface area (Å²) in [4.78, 5) is 4.41. The summed E-state index contributed by atoms with van der Waals surface area (Å²) in [5, 5.41) is 12.1. The molecule has 1 aromatic heterocycles. The SMILES string of the molecule is CC.CN1C=CC(c2ccc(-c3ccc4cc(N5CCOCC5)ccc4c3)n2C)=C(C#N)C1. The fourth-order valence-electron chi connectivity index (χ4n) is 4.51. The lowest BCUT2D eigenvalue weighted by Crippen LogP contribution is -2.36. The number of hydrogen-bond donors (Lipinski definition) is 0. The van der Waals surface area contributed by atoms with Crippen LogP contribution in [0.3, 0.4) is 0 Å². The van der Waals surface area contributed by atoms with E-state index >= 15 is 0 Å². The molecule has 5 rings (SSSR count). The Bertz CT molecular complexity index is 1240. The van der Waals surface area contributed by atoms with Gasteiger partial charge in [0, 0.05) is 49.8 Å². The van der Waals surface area contributed by atoms with Gasteiger partial charge in [0.05, 0.1) is 31.4 Å². The zero-order valence-corrected chi connectivity index (χ0v) is 20.0. The largest absolute Gasteiger partial charge is 0.378 e. The van der Waals surface area contributed by atoms with Crippen LogP contribution in [0.1, 0.15) is 19.5 Å². The van der Waals surface area contributed by atoms with Gasteiger partial charge in [0.2, 0.25) is 0 Å². The number of aromatic nitrogens is 1. The first-order valence-corrected chi connectivity index (χ1v) is 11.7. The molecule has 2 aromatic carbocycles. The average molecular weight is 441 g/mol. The van der Waals surface area contributed by atoms with Crippen LogP contribution in [-0.2, 0) is 11.8 Å². The van der Waals surface area contributed by atoms with Gasteiger partial charge in [0.15, 0.2) is 0 Å². The second-order valence-electron chi connectivity index (χ2n) is 8.24. The van der Waals surface area contributed by atoms with E-state index in [1.165, 1.54) is 22.0 Å². The van der Waals surface area contributed by atoms with Crippen molar-refractivity contribution in [3.63, 3.8) is 0 Å². The molecule has 0 saturated carbocycles. The first-order valence-electron chi connectivity index (χ1n) is 11.7. The Labute approximate surface area is 196 Å². The van der Waals surface area contributed by atoms with Crippen molar-refractivity contribution in [1.29, 1.82) is 5.26 Å². The third kappa shape index (κ3) is 4.53. The highest BCUT2D eigenvalue weighted by molar-refractivity contribution is 5.90. The average Bonchev–Trinajstić information content (AvgIpc) is 3.26. The van der Waals surface area contributed by atoms with Crippen LogP contribution < -0.4 is 4.90 Å². The van der Waals surface area contributed by atoms with Crippen molar-refractivity contribution in [1.82, 2.24) is 9.47 Å². The quantitative estimate of drug-likeness (QED) is 0.544. The lowest BCUT2D eigenvalue weighted by molar-refractivity contribution is 0.122. The van der Waals surface area contributed by atoms with E-state index in [9.17, 15) is 5.26 Å². The summed E-state index contributed by atoms with van der Waals surface area (Å²) in [7, 11) is 4.06. The molecule has 2 aliphatic rings. The molecular weight excluding hydrogens is 408 g/mol. The molecule has 0 radical (unpaired) electrons. The lowest BCUT2D eigenvalue weighted by atomic mass is 10.0. The number of nitriles is 1. The maximum Gasteiger partial charge on any atom is 0.0973 e. The van der Waals surface area contributed by atoms with Crippen LogP contribution in [0.5, 0.6) is 0 Å². The molecule has 3 aromatic rings. The molecule has 33 heavy (non-hydrogen) atoms. The number of hydrogen-bond acceptors (Lipinski definition) is 4. The standard InChI is InChI=1S/C26H26N4O.C2H6/c1-28-10-9-24(22(17-27)18-28)26-8-7-25(29(26)2)21-4-3-20-16-23(6-5-19(20)15-21)30-11-13-31-14-12-30;1-2/h3-10,15-16H,11-14,18H2,1-2H3;1-2H3. The minimum absolute atomic E-state index is 0.643. The topological polar surface area (TPSA) is 44.4 Å². The van der Waals surface area contributed by atoms with Crippen LogP contribution >= 0.6 is 0 Å². The maximum absolute atomic E-state index is 9.60. The zero-order chi connectivity index (χ0) is 23.4. The van der Waals surface area contributed by atoms with Crippen molar-refractivity contribution >= 4 is 22.0 Å². The molecular formula is C28H32N4O. The minimum atomic E-state index is 0.643. The highest BCUT2D eigenvalue weighted by Gasteiger charge is 2.17. The first kappa shape index (κ1) is 22.7. The van der Waals surface area contributed by atoms with E-state index in [1.54, 1.807) is 0 Å². The van der Waals surface area contributed by atoms with E-state index in [0.717, 1.165) is 48.8 Å². The monoisotopic (exact) mass is 440 g/mol. The second kappa shape index (κ2) is 9.97. The van der Waals surface area contributed by atoms with Gasteiger partial charge in [-0.05, 0) is 58.9 Å². The minimum Gasteiger partial charge on any atom is -0.378 e. The molecule has 0 spiro atoms. The molecule has 5 heteroatoms. The summed E-state index contributed by atoms with van der Waals surface area (Å²) in [6.45, 7) is 8.12. The van der Waals surface area contributed by atoms with Crippen LogP contribution in [-0.4, -0.2) is 49.4 Å². The van der Waals surface area contributed by atoms with Gasteiger partial charge in [-0.25, -0.2) is 0 Å². The summed E-state index contributed by atoms with van der Waals surface area (Å²) < 4.78 is 7.66. The Morgan fingerprint density at radius 3 is 2.33 bits per heavy atom. The second-order valence-corrected chi connectivity index (χ2v) is 8.24.